The molecule has 0 spiro atoms. The van der Waals surface area contributed by atoms with Gasteiger partial charge in [-0.25, -0.2) is 4.79 Å². The average Bonchev–Trinajstić information content (AvgIpc) is 3.01. The Morgan fingerprint density at radius 1 is 0.783 bits per heavy atom. The number of carbonyl (C=O) groups excluding carboxylic acids is 5. The lowest BCUT2D eigenvalue weighted by Gasteiger charge is -2.28. The van der Waals surface area contributed by atoms with Gasteiger partial charge >= 0.3 is 12.0 Å². The van der Waals surface area contributed by atoms with Crippen molar-refractivity contribution in [3.8, 4) is 5.75 Å². The average molecular weight is 640 g/mol. The molecule has 46 heavy (non-hydrogen) atoms. The summed E-state index contributed by atoms with van der Waals surface area (Å²) in [7, 11) is 0. The molecule has 0 saturated carbocycles. The molecule has 3 rings (SSSR count). The lowest BCUT2D eigenvalue weighted by Crippen LogP contribution is -2.59. The van der Waals surface area contributed by atoms with Crippen molar-refractivity contribution in [1.82, 2.24) is 26.2 Å². The number of hydrogen-bond acceptors (Lipinski definition) is 8. The summed E-state index contributed by atoms with van der Waals surface area (Å²) in [5, 5.41) is 29.0. The third kappa shape index (κ3) is 11.8. The topological polar surface area (TPSA) is 203 Å². The Hall–Kier alpha value is -4.98. The number of phenolic OH excluding ortho intramolecular Hbond substituents is 1. The maximum absolute atomic E-state index is 13.5. The molecule has 1 saturated heterocycles. The Labute approximate surface area is 266 Å². The van der Waals surface area contributed by atoms with Crippen LogP contribution in [0.1, 0.15) is 37.8 Å². The number of rotatable bonds is 14. The predicted molar refractivity (Wildman–Crippen MR) is 165 cm³/mol. The fourth-order valence-corrected chi connectivity index (χ4v) is 4.77. The van der Waals surface area contributed by atoms with Crippen LogP contribution >= 0.6 is 0 Å². The number of carbonyl (C=O) groups is 6. The molecule has 0 unspecified atom stereocenters. The van der Waals surface area contributed by atoms with Gasteiger partial charge in [0.1, 0.15) is 23.9 Å². The molecule has 0 radical (unpaired) electrons. The Kier molecular flexibility index (Phi) is 13.5. The van der Waals surface area contributed by atoms with Crippen LogP contribution in [-0.4, -0.2) is 95.2 Å². The molecular formula is C32H41N5O9. The minimum Gasteiger partial charge on any atom is -0.508 e. The van der Waals surface area contributed by atoms with E-state index in [2.05, 4.69) is 21.3 Å². The van der Waals surface area contributed by atoms with E-state index in [9.17, 15) is 39.0 Å². The van der Waals surface area contributed by atoms with Gasteiger partial charge < -0.3 is 35.8 Å². The van der Waals surface area contributed by atoms with Gasteiger partial charge in [0, 0.05) is 19.5 Å². The van der Waals surface area contributed by atoms with Crippen LogP contribution in [0.4, 0.5) is 4.79 Å². The quantitative estimate of drug-likeness (QED) is 0.172. The molecule has 2 aromatic carbocycles. The minimum atomic E-state index is -1.62. The van der Waals surface area contributed by atoms with E-state index in [1.54, 1.807) is 24.3 Å². The highest BCUT2D eigenvalue weighted by atomic mass is 16.5. The van der Waals surface area contributed by atoms with Gasteiger partial charge in [0.15, 0.2) is 0 Å². The van der Waals surface area contributed by atoms with Crippen LogP contribution < -0.4 is 21.3 Å². The Balaban J connectivity index is 1.76. The zero-order chi connectivity index (χ0) is 33.6. The summed E-state index contributed by atoms with van der Waals surface area (Å²) in [6, 6.07) is 10.0. The molecule has 6 N–H and O–H groups in total. The van der Waals surface area contributed by atoms with Crippen LogP contribution in [0, 0.1) is 5.92 Å². The van der Waals surface area contributed by atoms with Gasteiger partial charge in [-0.3, -0.25) is 29.3 Å². The van der Waals surface area contributed by atoms with E-state index in [0.29, 0.717) is 18.8 Å². The summed E-state index contributed by atoms with van der Waals surface area (Å²) in [4.78, 5) is 78.7. The molecule has 14 heteroatoms. The lowest BCUT2D eigenvalue weighted by molar-refractivity contribution is -0.141. The van der Waals surface area contributed by atoms with Crippen LogP contribution in [0.2, 0.25) is 0 Å². The predicted octanol–water partition coefficient (Wildman–Crippen LogP) is 0.721. The van der Waals surface area contributed by atoms with Crippen molar-refractivity contribution in [2.45, 2.75) is 57.7 Å². The standard InChI is InChI=1S/C32H41N5O9/c1-20(2)16-24(33-27(39)18-21-6-4-3-5-7-21)29(42)35-26(19-28(40)41)30(43)34-25(17-22-8-10-23(38)11-9-22)31(44)36-32(45)37-12-14-46-15-13-37/h3-11,20,24-26,38H,12-19H2,1-2H3,(H,33,39)(H,34,43)(H,35,42)(H,40,41)(H,36,44,45)/t24-,25-,26-/m0/s1. The third-order valence-electron chi connectivity index (χ3n) is 7.12. The molecule has 3 atom stereocenters. The normalized spacial score (nSPS) is 14.8. The number of phenols is 1. The highest BCUT2D eigenvalue weighted by molar-refractivity contribution is 6.00. The first-order valence-electron chi connectivity index (χ1n) is 15.0. The van der Waals surface area contributed by atoms with Crippen molar-refractivity contribution in [3.63, 3.8) is 0 Å². The molecule has 0 aromatic heterocycles. The molecule has 1 fully saturated rings. The Morgan fingerprint density at radius 3 is 2.00 bits per heavy atom. The maximum atomic E-state index is 13.5. The van der Waals surface area contributed by atoms with Gasteiger partial charge in [-0.15, -0.1) is 0 Å². The number of carboxylic acids is 1. The van der Waals surface area contributed by atoms with Crippen LogP contribution in [0.15, 0.2) is 54.6 Å². The van der Waals surface area contributed by atoms with E-state index in [0.717, 1.165) is 5.56 Å². The fourth-order valence-electron chi connectivity index (χ4n) is 4.77. The summed E-state index contributed by atoms with van der Waals surface area (Å²) in [5.41, 5.74) is 1.26. The summed E-state index contributed by atoms with van der Waals surface area (Å²) < 4.78 is 5.23. The molecule has 0 aliphatic carbocycles. The first-order valence-corrected chi connectivity index (χ1v) is 15.0. The van der Waals surface area contributed by atoms with Crippen LogP contribution in [0.5, 0.6) is 5.75 Å². The minimum absolute atomic E-state index is 0.0129. The maximum Gasteiger partial charge on any atom is 0.324 e. The number of benzene rings is 2. The van der Waals surface area contributed by atoms with Crippen molar-refractivity contribution in [2.75, 3.05) is 26.3 Å². The smallest absolute Gasteiger partial charge is 0.324 e. The SMILES string of the molecule is CC(C)C[C@H](NC(=O)Cc1ccccc1)C(=O)N[C@@H](CC(=O)O)C(=O)N[C@@H](Cc1ccc(O)cc1)C(=O)NC(=O)N1CCOCC1. The highest BCUT2D eigenvalue weighted by Crippen LogP contribution is 2.13. The molecule has 1 aliphatic heterocycles. The number of ether oxygens (including phenoxy) is 1. The van der Waals surface area contributed by atoms with Gasteiger partial charge in [0.2, 0.25) is 17.7 Å². The molecule has 248 valence electrons. The van der Waals surface area contributed by atoms with E-state index >= 15 is 0 Å². The first-order chi connectivity index (χ1) is 21.9. The van der Waals surface area contributed by atoms with Gasteiger partial charge in [0.25, 0.3) is 5.91 Å². The monoisotopic (exact) mass is 639 g/mol. The first kappa shape index (κ1) is 35.5. The molecule has 1 heterocycles. The van der Waals surface area contributed by atoms with Gasteiger partial charge in [-0.1, -0.05) is 56.3 Å². The molecular weight excluding hydrogens is 598 g/mol. The van der Waals surface area contributed by atoms with Gasteiger partial charge in [-0.2, -0.15) is 0 Å². The number of hydrogen-bond donors (Lipinski definition) is 6. The molecule has 2 aromatic rings. The highest BCUT2D eigenvalue weighted by Gasteiger charge is 2.32. The van der Waals surface area contributed by atoms with E-state index in [4.69, 9.17) is 4.74 Å². The second-order valence-electron chi connectivity index (χ2n) is 11.4. The zero-order valence-corrected chi connectivity index (χ0v) is 25.9. The summed E-state index contributed by atoms with van der Waals surface area (Å²) in [6.07, 6.45) is -0.708. The Bertz CT molecular complexity index is 1360. The molecule has 6 amide bonds. The van der Waals surface area contributed by atoms with Crippen LogP contribution in [0.25, 0.3) is 0 Å². The van der Waals surface area contributed by atoms with Gasteiger partial charge in [-0.05, 0) is 35.6 Å². The van der Waals surface area contributed by atoms with E-state index in [1.165, 1.54) is 29.2 Å². The van der Waals surface area contributed by atoms with Crippen LogP contribution in [-0.2, 0) is 41.6 Å². The van der Waals surface area contributed by atoms with Crippen LogP contribution in [0.3, 0.4) is 0 Å². The molecule has 14 nitrogen and oxygen atoms in total. The van der Waals surface area contributed by atoms with Crippen molar-refractivity contribution >= 4 is 35.6 Å². The van der Waals surface area contributed by atoms with Crippen molar-refractivity contribution < 1.29 is 43.7 Å². The largest absolute Gasteiger partial charge is 0.508 e. The number of nitrogens with zero attached hydrogens (tertiary/aromatic N) is 1. The van der Waals surface area contributed by atoms with Crippen molar-refractivity contribution in [3.05, 3.63) is 65.7 Å². The number of imide groups is 1. The second-order valence-corrected chi connectivity index (χ2v) is 11.4. The number of carboxylic acid groups (broad SMARTS) is 1. The van der Waals surface area contributed by atoms with Crippen molar-refractivity contribution in [1.29, 1.82) is 0 Å². The summed E-state index contributed by atoms with van der Waals surface area (Å²) in [6.45, 7) is 4.82. The fraction of sp³-hybridized carbons (Fsp3) is 0.438. The summed E-state index contributed by atoms with van der Waals surface area (Å²) >= 11 is 0. The second kappa shape index (κ2) is 17.5. The van der Waals surface area contributed by atoms with E-state index < -0.39 is 60.2 Å². The van der Waals surface area contributed by atoms with E-state index in [1.807, 2.05) is 19.9 Å². The number of aliphatic carboxylic acids is 1. The number of nitrogens with one attached hydrogen (secondary N) is 4. The molecule has 0 bridgehead atoms. The number of urea groups is 1. The van der Waals surface area contributed by atoms with E-state index in [-0.39, 0.29) is 44.0 Å². The zero-order valence-electron chi connectivity index (χ0n) is 25.9. The van der Waals surface area contributed by atoms with Gasteiger partial charge in [0.05, 0.1) is 26.1 Å². The molecule has 1 aliphatic rings. The Morgan fingerprint density at radius 2 is 1.39 bits per heavy atom. The lowest BCUT2D eigenvalue weighted by atomic mass is 10.0. The van der Waals surface area contributed by atoms with Crippen molar-refractivity contribution in [2.24, 2.45) is 5.92 Å². The number of morpholine rings is 1. The third-order valence-corrected chi connectivity index (χ3v) is 7.12. The number of amides is 6. The number of aromatic hydroxyl groups is 1. The summed E-state index contributed by atoms with van der Waals surface area (Å²) in [5.74, 6) is -4.48.